The van der Waals surface area contributed by atoms with E-state index in [1.807, 2.05) is 6.20 Å². The molecule has 5 heteroatoms. The van der Waals surface area contributed by atoms with Crippen molar-refractivity contribution in [3.63, 3.8) is 0 Å². The van der Waals surface area contributed by atoms with Gasteiger partial charge in [0.25, 0.3) is 0 Å². The van der Waals surface area contributed by atoms with E-state index in [9.17, 15) is 0 Å². The zero-order chi connectivity index (χ0) is 9.80. The van der Waals surface area contributed by atoms with E-state index < -0.39 is 0 Å². The lowest BCUT2D eigenvalue weighted by Gasteiger charge is -2.02. The molecule has 0 saturated carbocycles. The molecule has 1 N–H and O–H groups in total. The van der Waals surface area contributed by atoms with Crippen molar-refractivity contribution in [3.8, 4) is 0 Å². The predicted molar refractivity (Wildman–Crippen MR) is 63.0 cm³/mol. The lowest BCUT2D eigenvalue weighted by atomic mass is 10.5. The largest absolute Gasteiger partial charge is 0.371 e. The molecule has 3 nitrogen and oxygen atoms in total. The highest BCUT2D eigenvalue weighted by molar-refractivity contribution is 9.10. The van der Waals surface area contributed by atoms with Crippen LogP contribution in [0.25, 0.3) is 0 Å². The molecule has 0 unspecified atom stereocenters. The molecule has 0 saturated heterocycles. The molecule has 2 heterocycles. The fraction of sp³-hybridized carbons (Fsp3) is 0.333. The normalized spacial score (nSPS) is 15.1. The summed E-state index contributed by atoms with van der Waals surface area (Å²) in [5, 5.41) is 3.24. The number of hydrogen-bond donors (Lipinski definition) is 1. The molecule has 1 aromatic rings. The Morgan fingerprint density at radius 2 is 2.43 bits per heavy atom. The van der Waals surface area contributed by atoms with Crippen LogP contribution in [-0.2, 0) is 0 Å². The molecule has 1 aromatic heterocycles. The first kappa shape index (κ1) is 9.98. The van der Waals surface area contributed by atoms with Gasteiger partial charge >= 0.3 is 0 Å². The number of amidine groups is 1. The molecule has 0 amide bonds. The fourth-order valence-corrected chi connectivity index (χ4v) is 2.53. The highest BCUT2D eigenvalue weighted by atomic mass is 79.9. The van der Waals surface area contributed by atoms with E-state index in [-0.39, 0.29) is 0 Å². The number of halogens is 1. The summed E-state index contributed by atoms with van der Waals surface area (Å²) in [6.07, 6.45) is 3.65. The highest BCUT2D eigenvalue weighted by Gasteiger charge is 2.05. The van der Waals surface area contributed by atoms with Crippen LogP contribution in [0.5, 0.6) is 0 Å². The zero-order valence-corrected chi connectivity index (χ0v) is 9.94. The number of rotatable bonds is 3. The third kappa shape index (κ3) is 2.72. The topological polar surface area (TPSA) is 37.3 Å². The van der Waals surface area contributed by atoms with Crippen LogP contribution in [0.15, 0.2) is 32.8 Å². The Bertz CT molecular complexity index is 354. The van der Waals surface area contributed by atoms with Gasteiger partial charge in [0.1, 0.15) is 5.84 Å². The van der Waals surface area contributed by atoms with Crippen molar-refractivity contribution >= 4 is 33.5 Å². The van der Waals surface area contributed by atoms with Gasteiger partial charge in [-0.25, -0.2) is 0 Å². The van der Waals surface area contributed by atoms with Crippen molar-refractivity contribution in [2.45, 2.75) is 4.90 Å². The molecule has 0 bridgehead atoms. The van der Waals surface area contributed by atoms with E-state index in [0.29, 0.717) is 0 Å². The minimum absolute atomic E-state index is 0.901. The van der Waals surface area contributed by atoms with Gasteiger partial charge in [0.2, 0.25) is 0 Å². The molecule has 74 valence electrons. The summed E-state index contributed by atoms with van der Waals surface area (Å²) >= 11 is 5.14. The standard InChI is InChI=1S/C9H10BrN3S/c10-7-3-8(5-11-4-7)14-6-9-12-1-2-13-9/h3-5H,1-2,6H2,(H,12,13). The number of aliphatic imine (C=N–C) groups is 1. The first-order chi connectivity index (χ1) is 6.84. The lowest BCUT2D eigenvalue weighted by molar-refractivity contribution is 0.959. The number of nitrogens with one attached hydrogen (secondary N) is 1. The number of aromatic nitrogens is 1. The van der Waals surface area contributed by atoms with Crippen LogP contribution in [0.4, 0.5) is 0 Å². The van der Waals surface area contributed by atoms with Gasteiger partial charge in [-0.1, -0.05) is 0 Å². The van der Waals surface area contributed by atoms with Crippen molar-refractivity contribution in [2.75, 3.05) is 18.8 Å². The molecule has 1 aliphatic rings. The minimum Gasteiger partial charge on any atom is -0.371 e. The van der Waals surface area contributed by atoms with Crippen LogP contribution in [0.3, 0.4) is 0 Å². The van der Waals surface area contributed by atoms with Crippen molar-refractivity contribution in [1.29, 1.82) is 0 Å². The van der Waals surface area contributed by atoms with Crippen LogP contribution in [0.1, 0.15) is 0 Å². The number of thioether (sulfide) groups is 1. The molecule has 1 aliphatic heterocycles. The molecule has 0 atom stereocenters. The lowest BCUT2D eigenvalue weighted by Crippen LogP contribution is -2.20. The Morgan fingerprint density at radius 1 is 1.50 bits per heavy atom. The van der Waals surface area contributed by atoms with Crippen LogP contribution in [0.2, 0.25) is 0 Å². The SMILES string of the molecule is Brc1cncc(SCC2=NCCN2)c1. The first-order valence-electron chi connectivity index (χ1n) is 4.35. The third-order valence-electron chi connectivity index (χ3n) is 1.80. The quantitative estimate of drug-likeness (QED) is 0.854. The Hall–Kier alpha value is -0.550. The van der Waals surface area contributed by atoms with Crippen LogP contribution in [0, 0.1) is 0 Å². The van der Waals surface area contributed by atoms with Crippen LogP contribution >= 0.6 is 27.7 Å². The molecule has 0 fully saturated rings. The van der Waals surface area contributed by atoms with Gasteiger partial charge in [-0.15, -0.1) is 11.8 Å². The second kappa shape index (κ2) is 4.79. The molecule has 0 aliphatic carbocycles. The van der Waals surface area contributed by atoms with Gasteiger partial charge in [-0.05, 0) is 22.0 Å². The van der Waals surface area contributed by atoms with Gasteiger partial charge in [0.05, 0.1) is 12.3 Å². The van der Waals surface area contributed by atoms with Crippen molar-refractivity contribution in [2.24, 2.45) is 4.99 Å². The molecular weight excluding hydrogens is 262 g/mol. The van der Waals surface area contributed by atoms with Gasteiger partial charge in [0, 0.05) is 28.3 Å². The number of nitrogens with zero attached hydrogens (tertiary/aromatic N) is 2. The average Bonchev–Trinajstić information content (AvgIpc) is 2.67. The number of pyridine rings is 1. The van der Waals surface area contributed by atoms with Gasteiger partial charge < -0.3 is 5.32 Å². The Labute approximate surface area is 95.5 Å². The summed E-state index contributed by atoms with van der Waals surface area (Å²) < 4.78 is 1.02. The molecule has 2 rings (SSSR count). The van der Waals surface area contributed by atoms with Crippen molar-refractivity contribution in [1.82, 2.24) is 10.3 Å². The monoisotopic (exact) mass is 271 g/mol. The van der Waals surface area contributed by atoms with Crippen molar-refractivity contribution < 1.29 is 0 Å². The molecular formula is C9H10BrN3S. The third-order valence-corrected chi connectivity index (χ3v) is 3.21. The summed E-state index contributed by atoms with van der Waals surface area (Å²) in [7, 11) is 0. The smallest absolute Gasteiger partial charge is 0.107 e. The van der Waals surface area contributed by atoms with Crippen LogP contribution < -0.4 is 5.32 Å². The maximum atomic E-state index is 4.33. The summed E-state index contributed by atoms with van der Waals surface area (Å²) in [6, 6.07) is 2.06. The molecule has 14 heavy (non-hydrogen) atoms. The fourth-order valence-electron chi connectivity index (χ4n) is 1.17. The molecule has 0 aromatic carbocycles. The minimum atomic E-state index is 0.901. The second-order valence-electron chi connectivity index (χ2n) is 2.88. The summed E-state index contributed by atoms with van der Waals surface area (Å²) in [5.41, 5.74) is 0. The van der Waals surface area contributed by atoms with Gasteiger partial charge in [0.15, 0.2) is 0 Å². The van der Waals surface area contributed by atoms with E-state index in [1.165, 1.54) is 0 Å². The van der Waals surface area contributed by atoms with E-state index in [0.717, 1.165) is 34.0 Å². The maximum Gasteiger partial charge on any atom is 0.107 e. The van der Waals surface area contributed by atoms with Crippen LogP contribution in [-0.4, -0.2) is 29.7 Å². The summed E-state index contributed by atoms with van der Waals surface area (Å²) in [4.78, 5) is 9.59. The number of hydrogen-bond acceptors (Lipinski definition) is 4. The Morgan fingerprint density at radius 3 is 3.14 bits per heavy atom. The van der Waals surface area contributed by atoms with Gasteiger partial charge in [-0.2, -0.15) is 0 Å². The Kier molecular flexibility index (Phi) is 3.42. The van der Waals surface area contributed by atoms with E-state index in [2.05, 4.69) is 37.3 Å². The zero-order valence-electron chi connectivity index (χ0n) is 7.53. The first-order valence-corrected chi connectivity index (χ1v) is 6.13. The van der Waals surface area contributed by atoms with E-state index >= 15 is 0 Å². The molecule has 0 radical (unpaired) electrons. The highest BCUT2D eigenvalue weighted by Crippen LogP contribution is 2.20. The molecule has 0 spiro atoms. The van der Waals surface area contributed by atoms with Crippen molar-refractivity contribution in [3.05, 3.63) is 22.9 Å². The maximum absolute atomic E-state index is 4.33. The van der Waals surface area contributed by atoms with E-state index in [4.69, 9.17) is 0 Å². The van der Waals surface area contributed by atoms with E-state index in [1.54, 1.807) is 18.0 Å². The summed E-state index contributed by atoms with van der Waals surface area (Å²) in [5.74, 6) is 1.99. The second-order valence-corrected chi connectivity index (χ2v) is 4.85. The van der Waals surface area contributed by atoms with Gasteiger partial charge in [-0.3, -0.25) is 9.98 Å². The Balaban J connectivity index is 1.91. The average molecular weight is 272 g/mol. The summed E-state index contributed by atoms with van der Waals surface area (Å²) in [6.45, 7) is 1.89. The predicted octanol–water partition coefficient (Wildman–Crippen LogP) is 1.94.